The molecule has 7 nitrogen and oxygen atoms in total. The van der Waals surface area contributed by atoms with Crippen LogP contribution in [-0.2, 0) is 19.6 Å². The smallest absolute Gasteiger partial charge is 0.341 e. The number of amides is 1. The lowest BCUT2D eigenvalue weighted by molar-refractivity contribution is -0.125. The maximum atomic E-state index is 14.0. The summed E-state index contributed by atoms with van der Waals surface area (Å²) in [5.74, 6) is -1.65. The highest BCUT2D eigenvalue weighted by molar-refractivity contribution is 7.89. The number of halogens is 1. The monoisotopic (exact) mass is 414 g/mol. The van der Waals surface area contributed by atoms with Gasteiger partial charge >= 0.3 is 5.97 Å². The number of esters is 1. The lowest BCUT2D eigenvalue weighted by atomic mass is 9.78. The van der Waals surface area contributed by atoms with E-state index in [2.05, 4.69) is 19.2 Å². The van der Waals surface area contributed by atoms with Crippen LogP contribution in [0, 0.1) is 17.7 Å². The van der Waals surface area contributed by atoms with E-state index in [4.69, 9.17) is 4.74 Å². The minimum absolute atomic E-state index is 0.0141. The topological polar surface area (TPSA) is 92.8 Å². The number of benzene rings is 1. The molecule has 1 aliphatic carbocycles. The van der Waals surface area contributed by atoms with Crippen molar-refractivity contribution in [1.82, 2.24) is 9.62 Å². The Balaban J connectivity index is 2.02. The van der Waals surface area contributed by atoms with E-state index in [1.807, 2.05) is 0 Å². The van der Waals surface area contributed by atoms with E-state index in [0.29, 0.717) is 11.8 Å². The minimum Gasteiger partial charge on any atom is -0.452 e. The van der Waals surface area contributed by atoms with Gasteiger partial charge in [-0.15, -0.1) is 0 Å². The van der Waals surface area contributed by atoms with Crippen LogP contribution in [0.25, 0.3) is 0 Å². The summed E-state index contributed by atoms with van der Waals surface area (Å²) in [7, 11) is -1.18. The molecule has 0 aliphatic heterocycles. The number of nitrogens with zero attached hydrogens (tertiary/aromatic N) is 1. The Kier molecular flexibility index (Phi) is 7.16. The summed E-state index contributed by atoms with van der Waals surface area (Å²) in [6.07, 6.45) is 3.01. The van der Waals surface area contributed by atoms with Crippen molar-refractivity contribution >= 4 is 21.9 Å². The van der Waals surface area contributed by atoms with Crippen LogP contribution in [0.5, 0.6) is 0 Å². The van der Waals surface area contributed by atoms with E-state index in [1.54, 1.807) is 0 Å². The van der Waals surface area contributed by atoms with Gasteiger partial charge < -0.3 is 10.1 Å². The normalized spacial score (nSPS) is 22.7. The Bertz CT molecular complexity index is 841. The summed E-state index contributed by atoms with van der Waals surface area (Å²) in [6.45, 7) is 3.66. The van der Waals surface area contributed by atoms with Gasteiger partial charge in [-0.3, -0.25) is 4.79 Å². The third-order valence-electron chi connectivity index (χ3n) is 5.32. The Morgan fingerprint density at radius 2 is 1.93 bits per heavy atom. The molecule has 0 unspecified atom stereocenters. The number of carbonyl (C=O) groups is 2. The summed E-state index contributed by atoms with van der Waals surface area (Å²) in [5.41, 5.74) is -0.532. The fourth-order valence-electron chi connectivity index (χ4n) is 3.28. The molecule has 156 valence electrons. The number of rotatable bonds is 6. The zero-order valence-electron chi connectivity index (χ0n) is 16.6. The van der Waals surface area contributed by atoms with Crippen LogP contribution in [0.2, 0.25) is 0 Å². The second-order valence-electron chi connectivity index (χ2n) is 7.45. The number of ether oxygens (including phenoxy) is 1. The van der Waals surface area contributed by atoms with Crippen LogP contribution in [0.4, 0.5) is 4.39 Å². The molecular weight excluding hydrogens is 387 g/mol. The second kappa shape index (κ2) is 9.00. The third kappa shape index (κ3) is 5.08. The molecule has 1 aromatic rings. The summed E-state index contributed by atoms with van der Waals surface area (Å²) in [6, 6.07) is 2.88. The summed E-state index contributed by atoms with van der Waals surface area (Å²) in [5, 5.41) is 2.86. The molecular formula is C19H27FN2O5S. The van der Waals surface area contributed by atoms with Crippen molar-refractivity contribution in [3.63, 3.8) is 0 Å². The quantitative estimate of drug-likeness (QED) is 0.720. The van der Waals surface area contributed by atoms with Gasteiger partial charge in [-0.1, -0.05) is 26.7 Å². The highest BCUT2D eigenvalue weighted by Gasteiger charge is 2.28. The number of hydrogen-bond donors (Lipinski definition) is 1. The molecule has 9 heteroatoms. The summed E-state index contributed by atoms with van der Waals surface area (Å²) in [4.78, 5) is 24.1. The summed E-state index contributed by atoms with van der Waals surface area (Å²) < 4.78 is 44.1. The van der Waals surface area contributed by atoms with Gasteiger partial charge in [0.15, 0.2) is 6.61 Å². The molecule has 1 aromatic carbocycles. The SMILES string of the molecule is C[C@@H]1[C@H](C)CCC[C@H]1NC(=O)COC(=O)c1cc(S(=O)(=O)N(C)C)ccc1F. The van der Waals surface area contributed by atoms with Crippen LogP contribution < -0.4 is 5.32 Å². The predicted molar refractivity (Wildman–Crippen MR) is 102 cm³/mol. The maximum Gasteiger partial charge on any atom is 0.341 e. The molecule has 1 N–H and O–H groups in total. The minimum atomic E-state index is -3.83. The van der Waals surface area contributed by atoms with Gasteiger partial charge in [0.2, 0.25) is 10.0 Å². The lowest BCUT2D eigenvalue weighted by Crippen LogP contribution is -2.45. The Morgan fingerprint density at radius 1 is 1.25 bits per heavy atom. The van der Waals surface area contributed by atoms with E-state index >= 15 is 0 Å². The number of sulfonamides is 1. The molecule has 1 saturated carbocycles. The van der Waals surface area contributed by atoms with Crippen molar-refractivity contribution in [1.29, 1.82) is 0 Å². The first-order valence-corrected chi connectivity index (χ1v) is 10.7. The zero-order chi connectivity index (χ0) is 21.1. The molecule has 0 radical (unpaired) electrons. The highest BCUT2D eigenvalue weighted by atomic mass is 32.2. The molecule has 3 atom stereocenters. The molecule has 0 bridgehead atoms. The average molecular weight is 414 g/mol. The molecule has 2 rings (SSSR count). The van der Waals surface area contributed by atoms with Crippen molar-refractivity contribution < 1.29 is 27.1 Å². The van der Waals surface area contributed by atoms with Crippen molar-refractivity contribution in [3.8, 4) is 0 Å². The second-order valence-corrected chi connectivity index (χ2v) is 9.60. The number of carbonyl (C=O) groups excluding carboxylic acids is 2. The Labute approximate surface area is 165 Å². The molecule has 0 spiro atoms. The number of hydrogen-bond acceptors (Lipinski definition) is 5. The van der Waals surface area contributed by atoms with E-state index in [0.717, 1.165) is 41.8 Å². The van der Waals surface area contributed by atoms with Crippen molar-refractivity contribution in [2.45, 2.75) is 44.0 Å². The molecule has 28 heavy (non-hydrogen) atoms. The standard InChI is InChI=1S/C19H27FN2O5S/c1-12-6-5-7-17(13(12)2)21-18(23)11-27-19(24)15-10-14(8-9-16(15)20)28(25,26)22(3)4/h8-10,12-13,17H,5-7,11H2,1-4H3,(H,21,23)/t12-,13-,17-/m1/s1. The van der Waals surface area contributed by atoms with E-state index in [-0.39, 0.29) is 10.9 Å². The van der Waals surface area contributed by atoms with Gasteiger partial charge in [0.25, 0.3) is 5.91 Å². The van der Waals surface area contributed by atoms with Gasteiger partial charge in [-0.25, -0.2) is 21.9 Å². The van der Waals surface area contributed by atoms with E-state index in [1.165, 1.54) is 14.1 Å². The van der Waals surface area contributed by atoms with Crippen LogP contribution >= 0.6 is 0 Å². The molecule has 1 amide bonds. The van der Waals surface area contributed by atoms with Crippen LogP contribution in [0.3, 0.4) is 0 Å². The van der Waals surface area contributed by atoms with Gasteiger partial charge in [-0.05, 0) is 36.5 Å². The average Bonchev–Trinajstić information content (AvgIpc) is 2.63. The molecule has 0 aromatic heterocycles. The fraction of sp³-hybridized carbons (Fsp3) is 0.579. The van der Waals surface area contributed by atoms with Gasteiger partial charge in [0, 0.05) is 20.1 Å². The molecule has 0 saturated heterocycles. The molecule has 1 fully saturated rings. The molecule has 0 heterocycles. The summed E-state index contributed by atoms with van der Waals surface area (Å²) >= 11 is 0. The van der Waals surface area contributed by atoms with Crippen LogP contribution in [0.1, 0.15) is 43.5 Å². The predicted octanol–water partition coefficient (Wildman–Crippen LogP) is 2.17. The Morgan fingerprint density at radius 3 is 2.57 bits per heavy atom. The van der Waals surface area contributed by atoms with Crippen molar-refractivity contribution in [2.75, 3.05) is 20.7 Å². The first-order valence-electron chi connectivity index (χ1n) is 9.22. The first-order chi connectivity index (χ1) is 13.0. The van der Waals surface area contributed by atoms with Crippen LogP contribution in [0.15, 0.2) is 23.1 Å². The highest BCUT2D eigenvalue weighted by Crippen LogP contribution is 2.29. The number of nitrogens with one attached hydrogen (secondary N) is 1. The Hall–Kier alpha value is -2.00. The van der Waals surface area contributed by atoms with Crippen molar-refractivity contribution in [3.05, 3.63) is 29.6 Å². The van der Waals surface area contributed by atoms with Crippen LogP contribution in [-0.4, -0.2) is 51.3 Å². The lowest BCUT2D eigenvalue weighted by Gasteiger charge is -2.34. The largest absolute Gasteiger partial charge is 0.452 e. The third-order valence-corrected chi connectivity index (χ3v) is 7.13. The van der Waals surface area contributed by atoms with Gasteiger partial charge in [0.05, 0.1) is 10.5 Å². The maximum absolute atomic E-state index is 14.0. The zero-order valence-corrected chi connectivity index (χ0v) is 17.4. The van der Waals surface area contributed by atoms with E-state index < -0.39 is 39.9 Å². The fourth-order valence-corrected chi connectivity index (χ4v) is 4.20. The molecule has 1 aliphatic rings. The van der Waals surface area contributed by atoms with Gasteiger partial charge in [0.1, 0.15) is 5.82 Å². The van der Waals surface area contributed by atoms with E-state index in [9.17, 15) is 22.4 Å². The van der Waals surface area contributed by atoms with Crippen molar-refractivity contribution in [2.24, 2.45) is 11.8 Å². The van der Waals surface area contributed by atoms with Gasteiger partial charge in [-0.2, -0.15) is 0 Å². The first kappa shape index (κ1) is 22.3.